The van der Waals surface area contributed by atoms with Gasteiger partial charge in [0.1, 0.15) is 11.9 Å². The first-order valence-electron chi connectivity index (χ1n) is 14.6. The molecule has 2 aliphatic heterocycles. The van der Waals surface area contributed by atoms with E-state index < -0.39 is 16.5 Å². The number of carbonyl (C=O) groups is 1. The van der Waals surface area contributed by atoms with Crippen molar-refractivity contribution in [2.24, 2.45) is 22.1 Å². The summed E-state index contributed by atoms with van der Waals surface area (Å²) in [4.78, 5) is 15.6. The second kappa shape index (κ2) is 11.9. The van der Waals surface area contributed by atoms with Gasteiger partial charge < -0.3 is 22.9 Å². The Morgan fingerprint density at radius 3 is 2.80 bits per heavy atom. The van der Waals surface area contributed by atoms with Crippen LogP contribution in [0.3, 0.4) is 0 Å². The summed E-state index contributed by atoms with van der Waals surface area (Å²) in [5.41, 5.74) is 3.99. The molecule has 1 unspecified atom stereocenters. The lowest BCUT2D eigenvalue weighted by Gasteiger charge is -2.43. The Hall–Kier alpha value is -2.35. The van der Waals surface area contributed by atoms with E-state index in [2.05, 4.69) is 33.5 Å². The highest BCUT2D eigenvalue weighted by atomic mass is 35.5. The van der Waals surface area contributed by atoms with Gasteiger partial charge in [-0.15, -0.1) is 0 Å². The number of ether oxygens (including phenoxy) is 2. The van der Waals surface area contributed by atoms with Gasteiger partial charge in [0.05, 0.1) is 11.8 Å². The number of allylic oxidation sites excluding steroid dienone is 1. The molecule has 4 aliphatic rings. The molecule has 40 heavy (non-hydrogen) atoms. The third kappa shape index (κ3) is 5.70. The van der Waals surface area contributed by atoms with Gasteiger partial charge in [-0.1, -0.05) is 48.4 Å². The summed E-state index contributed by atoms with van der Waals surface area (Å²) >= 11 is 6.40. The molecule has 2 aromatic rings. The van der Waals surface area contributed by atoms with Crippen molar-refractivity contribution in [2.75, 3.05) is 30.9 Å². The Labute approximate surface area is 244 Å². The van der Waals surface area contributed by atoms with Crippen LogP contribution in [-0.2, 0) is 26.0 Å². The molecule has 8 heteroatoms. The lowest BCUT2D eigenvalue weighted by molar-refractivity contribution is 0.0134. The maximum atomic E-state index is 13.1. The van der Waals surface area contributed by atoms with E-state index in [9.17, 15) is 9.00 Å². The SMILES string of the molecule is CO[C@H]1/C=C/C[C@H](C)C[S-](=O)=NC(=O)c2ccc3c(c2)N(C[C@@H]2CC[C@H]21)C[C@@H]1c2ccc(Cl)cc2CCCC1O3. The van der Waals surface area contributed by atoms with Crippen molar-refractivity contribution < 1.29 is 18.5 Å². The molecule has 0 spiro atoms. The first-order chi connectivity index (χ1) is 19.4. The Morgan fingerprint density at radius 1 is 1.12 bits per heavy atom. The molecule has 2 aromatic carbocycles. The number of hydrogen-bond donors (Lipinski definition) is 0. The van der Waals surface area contributed by atoms with Gasteiger partial charge in [-0.3, -0.25) is 4.79 Å². The molecule has 1 amide bonds. The molecule has 2 bridgehead atoms. The zero-order valence-electron chi connectivity index (χ0n) is 23.3. The summed E-state index contributed by atoms with van der Waals surface area (Å²) in [6.45, 7) is 3.70. The summed E-state index contributed by atoms with van der Waals surface area (Å²) in [5, 5.41) is 0.773. The van der Waals surface area contributed by atoms with Crippen LogP contribution >= 0.6 is 11.6 Å². The lowest BCUT2D eigenvalue weighted by atomic mass is 9.70. The van der Waals surface area contributed by atoms with E-state index in [4.69, 9.17) is 21.1 Å². The van der Waals surface area contributed by atoms with Crippen molar-refractivity contribution >= 4 is 33.8 Å². The number of amides is 1. The van der Waals surface area contributed by atoms with E-state index >= 15 is 0 Å². The maximum absolute atomic E-state index is 13.1. The largest absolute Gasteiger partial charge is 0.488 e. The number of anilines is 1. The second-order valence-corrected chi connectivity index (χ2v) is 13.5. The van der Waals surface area contributed by atoms with Crippen molar-refractivity contribution in [1.29, 1.82) is 0 Å². The van der Waals surface area contributed by atoms with Gasteiger partial charge in [0, 0.05) is 36.7 Å². The number of nitrogens with zero attached hydrogens (tertiary/aromatic N) is 2. The fourth-order valence-corrected chi connectivity index (χ4v) is 8.13. The number of carbonyl (C=O) groups excluding carboxylic acids is 1. The molecule has 0 saturated heterocycles. The van der Waals surface area contributed by atoms with E-state index in [1.54, 1.807) is 13.2 Å². The van der Waals surface area contributed by atoms with Gasteiger partial charge in [-0.05, 0) is 91.8 Å². The Kier molecular flexibility index (Phi) is 8.25. The molecule has 214 valence electrons. The van der Waals surface area contributed by atoms with Crippen LogP contribution in [0.2, 0.25) is 5.02 Å². The number of rotatable bonds is 1. The number of aryl methyl sites for hydroxylation is 1. The third-order valence-corrected chi connectivity index (χ3v) is 10.7. The zero-order valence-corrected chi connectivity index (χ0v) is 24.8. The highest BCUT2D eigenvalue weighted by molar-refractivity contribution is 7.75. The average molecular weight is 582 g/mol. The molecule has 6 rings (SSSR count). The maximum Gasteiger partial charge on any atom is 0.254 e. The van der Waals surface area contributed by atoms with Crippen molar-refractivity contribution in [3.05, 3.63) is 70.3 Å². The highest BCUT2D eigenvalue weighted by Gasteiger charge is 2.40. The van der Waals surface area contributed by atoms with Crippen LogP contribution in [-0.4, -0.2) is 44.1 Å². The van der Waals surface area contributed by atoms with Crippen LogP contribution in [0.4, 0.5) is 5.69 Å². The minimum atomic E-state index is -1.58. The Balaban J connectivity index is 1.42. The van der Waals surface area contributed by atoms with E-state index in [1.165, 1.54) is 11.1 Å². The summed E-state index contributed by atoms with van der Waals surface area (Å²) < 4.78 is 29.5. The smallest absolute Gasteiger partial charge is 0.254 e. The number of methoxy groups -OCH3 is 1. The van der Waals surface area contributed by atoms with Gasteiger partial charge >= 0.3 is 0 Å². The van der Waals surface area contributed by atoms with Gasteiger partial charge in [0.15, 0.2) is 0 Å². The van der Waals surface area contributed by atoms with Crippen LogP contribution in [0.1, 0.15) is 66.4 Å². The van der Waals surface area contributed by atoms with Gasteiger partial charge in [0.25, 0.3) is 5.91 Å². The summed E-state index contributed by atoms with van der Waals surface area (Å²) in [6.07, 6.45) is 10.5. The van der Waals surface area contributed by atoms with Crippen LogP contribution in [0, 0.1) is 17.8 Å². The monoisotopic (exact) mass is 581 g/mol. The zero-order chi connectivity index (χ0) is 27.8. The van der Waals surface area contributed by atoms with Gasteiger partial charge in [-0.25, -0.2) is 0 Å². The van der Waals surface area contributed by atoms with Crippen LogP contribution < -0.4 is 9.64 Å². The summed E-state index contributed by atoms with van der Waals surface area (Å²) in [6, 6.07) is 11.9. The second-order valence-electron chi connectivity index (χ2n) is 11.9. The lowest BCUT2D eigenvalue weighted by Crippen LogP contribution is -2.44. The van der Waals surface area contributed by atoms with Crippen LogP contribution in [0.15, 0.2) is 52.9 Å². The predicted molar refractivity (Wildman–Crippen MR) is 160 cm³/mol. The van der Waals surface area contributed by atoms with E-state index in [0.29, 0.717) is 23.2 Å². The van der Waals surface area contributed by atoms with Crippen LogP contribution in [0.5, 0.6) is 5.75 Å². The fourth-order valence-electron chi connectivity index (χ4n) is 6.95. The molecule has 6 atom stereocenters. The molecule has 1 saturated carbocycles. The molecule has 0 radical (unpaired) electrons. The average Bonchev–Trinajstić information content (AvgIpc) is 3.16. The van der Waals surface area contributed by atoms with E-state index in [1.807, 2.05) is 25.1 Å². The minimum absolute atomic E-state index is 0.0346. The van der Waals surface area contributed by atoms with Gasteiger partial charge in [0.2, 0.25) is 0 Å². The molecule has 0 N–H and O–H groups in total. The molecule has 2 heterocycles. The molecular weight excluding hydrogens is 544 g/mol. The van der Waals surface area contributed by atoms with Crippen LogP contribution in [0.25, 0.3) is 0 Å². The number of hydrogen-bond acceptors (Lipinski definition) is 6. The molecule has 6 nitrogen and oxygen atoms in total. The normalized spacial score (nSPS) is 31.7. The molecular formula is C32H38ClN2O4S-. The molecule has 2 aliphatic carbocycles. The van der Waals surface area contributed by atoms with E-state index in [0.717, 1.165) is 68.1 Å². The van der Waals surface area contributed by atoms with Crippen molar-refractivity contribution in [1.82, 2.24) is 0 Å². The summed E-state index contributed by atoms with van der Waals surface area (Å²) in [5.74, 6) is 1.96. The Morgan fingerprint density at radius 2 is 2.00 bits per heavy atom. The van der Waals surface area contributed by atoms with Crippen molar-refractivity contribution in [3.63, 3.8) is 0 Å². The summed E-state index contributed by atoms with van der Waals surface area (Å²) in [7, 11) is 0.217. The predicted octanol–water partition coefficient (Wildman–Crippen LogP) is 6.95. The number of halogens is 1. The fraction of sp³-hybridized carbons (Fsp3) is 0.531. The minimum Gasteiger partial charge on any atom is -0.488 e. The first-order valence-corrected chi connectivity index (χ1v) is 16.2. The third-order valence-electron chi connectivity index (χ3n) is 9.23. The quantitative estimate of drug-likeness (QED) is 0.269. The van der Waals surface area contributed by atoms with Crippen molar-refractivity contribution in [3.8, 4) is 5.75 Å². The number of fused-ring (bicyclic) bond motifs is 5. The highest BCUT2D eigenvalue weighted by Crippen LogP contribution is 2.45. The molecule has 0 aromatic heterocycles. The number of benzene rings is 2. The first kappa shape index (κ1) is 27.8. The van der Waals surface area contributed by atoms with Gasteiger partial charge in [-0.2, -0.15) is 10.6 Å². The van der Waals surface area contributed by atoms with E-state index in [-0.39, 0.29) is 24.0 Å². The Bertz CT molecular complexity index is 1390. The standard InChI is InChI=1S/C32H38ClN2O4S/c1-20-5-3-7-29(38-2)26-12-9-23(26)17-35-18-27-25-13-11-24(33)15-21(25)6-4-8-30(27)39-31-14-10-22(16-28(31)35)32(36)34-40(37)19-20/h3,7,10-11,13-16,20,23,26-27,29-30H,4-6,8-9,12,17-19H2,1-2H3/q-1/b7-3+/t20-,23-,26+,27+,29-,30?/m0/s1. The molecule has 1 fully saturated rings. The topological polar surface area (TPSA) is 68.2 Å². The van der Waals surface area contributed by atoms with Crippen molar-refractivity contribution in [2.45, 2.75) is 63.6 Å².